The Morgan fingerprint density at radius 1 is 1.64 bits per heavy atom. The average Bonchev–Trinajstić information content (AvgIpc) is 2.04. The van der Waals surface area contributed by atoms with Crippen LogP contribution in [-0.4, -0.2) is 27.6 Å². The SMILES string of the molecule is SN1CCC2=C(C1)N=CC=I2. The van der Waals surface area contributed by atoms with Crippen LogP contribution in [0, 0.1) is 0 Å². The summed E-state index contributed by atoms with van der Waals surface area (Å²) in [6, 6.07) is 0. The molecule has 2 aliphatic heterocycles. The van der Waals surface area contributed by atoms with E-state index < -0.39 is 0 Å². The summed E-state index contributed by atoms with van der Waals surface area (Å²) in [5.74, 6) is 0. The van der Waals surface area contributed by atoms with E-state index >= 15 is 0 Å². The quantitative estimate of drug-likeness (QED) is 0.526. The van der Waals surface area contributed by atoms with Crippen LogP contribution >= 0.6 is 33.5 Å². The van der Waals surface area contributed by atoms with Gasteiger partial charge in [-0.1, -0.05) is 33.5 Å². The smallest absolute Gasteiger partial charge is 0.0642 e. The molecule has 60 valence electrons. The van der Waals surface area contributed by atoms with E-state index in [1.54, 1.807) is 3.58 Å². The van der Waals surface area contributed by atoms with E-state index in [0.717, 1.165) is 13.1 Å². The highest BCUT2D eigenvalue weighted by molar-refractivity contribution is 14.2. The number of hydrogen-bond donors (Lipinski definition) is 1. The van der Waals surface area contributed by atoms with Crippen LogP contribution in [0.3, 0.4) is 0 Å². The Morgan fingerprint density at radius 3 is 3.45 bits per heavy atom. The molecular formula is C7H9IN2S. The van der Waals surface area contributed by atoms with E-state index in [1.807, 2.05) is 10.5 Å². The van der Waals surface area contributed by atoms with E-state index in [0.29, 0.717) is 0 Å². The van der Waals surface area contributed by atoms with E-state index in [1.165, 1.54) is 12.1 Å². The number of hydrogen-bond acceptors (Lipinski definition) is 3. The third-order valence-electron chi connectivity index (χ3n) is 1.72. The van der Waals surface area contributed by atoms with Gasteiger partial charge in [0.25, 0.3) is 0 Å². The summed E-state index contributed by atoms with van der Waals surface area (Å²) in [7, 11) is 0. The molecular weight excluding hydrogens is 271 g/mol. The lowest BCUT2D eigenvalue weighted by Gasteiger charge is -2.23. The zero-order chi connectivity index (χ0) is 7.68. The van der Waals surface area contributed by atoms with Gasteiger partial charge >= 0.3 is 0 Å². The first-order chi connectivity index (χ1) is 5.36. The first-order valence-electron chi connectivity index (χ1n) is 3.51. The summed E-state index contributed by atoms with van der Waals surface area (Å²) in [6.07, 6.45) is 3.12. The molecule has 4 heteroatoms. The minimum atomic E-state index is 0.179. The van der Waals surface area contributed by atoms with Crippen molar-refractivity contribution in [3.8, 4) is 0 Å². The molecule has 0 radical (unpaired) electrons. The first-order valence-corrected chi connectivity index (χ1v) is 6.24. The predicted molar refractivity (Wildman–Crippen MR) is 60.8 cm³/mol. The number of thiol groups is 1. The van der Waals surface area contributed by atoms with Gasteiger partial charge in [0.2, 0.25) is 0 Å². The molecule has 0 saturated carbocycles. The second-order valence-corrected chi connectivity index (χ2v) is 5.71. The van der Waals surface area contributed by atoms with Gasteiger partial charge in [-0.25, -0.2) is 4.31 Å². The van der Waals surface area contributed by atoms with Gasteiger partial charge in [-0.3, -0.25) is 4.99 Å². The third-order valence-corrected chi connectivity index (χ3v) is 4.65. The van der Waals surface area contributed by atoms with Gasteiger partial charge in [0.15, 0.2) is 0 Å². The molecule has 0 spiro atoms. The number of aliphatic imine (C=N–C) groups is 1. The van der Waals surface area contributed by atoms with Gasteiger partial charge in [0.1, 0.15) is 0 Å². The van der Waals surface area contributed by atoms with Gasteiger partial charge in [-0.2, -0.15) is 0 Å². The van der Waals surface area contributed by atoms with Crippen molar-refractivity contribution in [1.82, 2.24) is 4.31 Å². The van der Waals surface area contributed by atoms with E-state index in [-0.39, 0.29) is 20.7 Å². The van der Waals surface area contributed by atoms with Crippen LogP contribution < -0.4 is 0 Å². The van der Waals surface area contributed by atoms with Gasteiger partial charge in [0.05, 0.1) is 12.2 Å². The standard InChI is InChI=1S/C7H9IN2S/c11-10-4-1-6-7(5-10)9-3-2-8-6/h2-3,11H,1,4-5H2. The highest BCUT2D eigenvalue weighted by Crippen LogP contribution is 2.30. The molecule has 0 aliphatic carbocycles. The van der Waals surface area contributed by atoms with E-state index in [2.05, 4.69) is 21.8 Å². The fraction of sp³-hybridized carbons (Fsp3) is 0.429. The Balaban J connectivity index is 2.28. The Hall–Kier alpha value is 0.320. The van der Waals surface area contributed by atoms with Gasteiger partial charge in [0, 0.05) is 16.3 Å². The summed E-state index contributed by atoms with van der Waals surface area (Å²) in [5.41, 5.74) is 1.28. The van der Waals surface area contributed by atoms with Crippen LogP contribution in [0.4, 0.5) is 0 Å². The van der Waals surface area contributed by atoms with Gasteiger partial charge < -0.3 is 0 Å². The largest absolute Gasteiger partial charge is 0.259 e. The minimum absolute atomic E-state index is 0.179. The van der Waals surface area contributed by atoms with Crippen LogP contribution in [0.25, 0.3) is 0 Å². The molecule has 0 fully saturated rings. The zero-order valence-corrected chi connectivity index (χ0v) is 9.05. The summed E-state index contributed by atoms with van der Waals surface area (Å²) in [6.45, 7) is 2.02. The molecule has 2 nitrogen and oxygen atoms in total. The van der Waals surface area contributed by atoms with Crippen molar-refractivity contribution in [3.63, 3.8) is 0 Å². The second-order valence-electron chi connectivity index (χ2n) is 2.50. The van der Waals surface area contributed by atoms with E-state index in [9.17, 15) is 0 Å². The van der Waals surface area contributed by atoms with Crippen molar-refractivity contribution in [2.45, 2.75) is 6.42 Å². The molecule has 11 heavy (non-hydrogen) atoms. The maximum Gasteiger partial charge on any atom is 0.0642 e. The summed E-state index contributed by atoms with van der Waals surface area (Å²) in [5, 5.41) is 0. The van der Waals surface area contributed by atoms with Gasteiger partial charge in [-0.15, -0.1) is 0 Å². The van der Waals surface area contributed by atoms with Crippen molar-refractivity contribution in [2.75, 3.05) is 13.1 Å². The van der Waals surface area contributed by atoms with Crippen molar-refractivity contribution >= 4 is 43.8 Å². The molecule has 0 aromatic rings. The van der Waals surface area contributed by atoms with Crippen LogP contribution in [0.15, 0.2) is 14.3 Å². The molecule has 0 unspecified atom stereocenters. The molecule has 0 bridgehead atoms. The molecule has 2 aliphatic rings. The summed E-state index contributed by atoms with van der Waals surface area (Å²) >= 11 is 4.48. The summed E-state index contributed by atoms with van der Waals surface area (Å²) in [4.78, 5) is 4.34. The third kappa shape index (κ3) is 1.73. The maximum atomic E-state index is 4.34. The summed E-state index contributed by atoms with van der Waals surface area (Å²) < 4.78 is 5.87. The van der Waals surface area contributed by atoms with Crippen LogP contribution in [0.5, 0.6) is 0 Å². The van der Waals surface area contributed by atoms with Crippen molar-refractivity contribution in [1.29, 1.82) is 0 Å². The molecule has 0 saturated heterocycles. The van der Waals surface area contributed by atoms with Crippen LogP contribution in [-0.2, 0) is 0 Å². The zero-order valence-electron chi connectivity index (χ0n) is 6.00. The fourth-order valence-corrected chi connectivity index (χ4v) is 3.37. The lowest BCUT2D eigenvalue weighted by atomic mass is 10.2. The van der Waals surface area contributed by atoms with Gasteiger partial charge in [-0.05, 0) is 10.4 Å². The van der Waals surface area contributed by atoms with E-state index in [4.69, 9.17) is 0 Å². The lowest BCUT2D eigenvalue weighted by Crippen LogP contribution is -2.22. The van der Waals surface area contributed by atoms with Crippen molar-refractivity contribution in [3.05, 3.63) is 9.28 Å². The second kappa shape index (κ2) is 3.37. The lowest BCUT2D eigenvalue weighted by molar-refractivity contribution is 0.497. The van der Waals surface area contributed by atoms with Crippen molar-refractivity contribution < 1.29 is 0 Å². The molecule has 0 N–H and O–H groups in total. The van der Waals surface area contributed by atoms with Crippen LogP contribution in [0.1, 0.15) is 6.42 Å². The Bertz CT molecular complexity index is 257. The van der Waals surface area contributed by atoms with Crippen molar-refractivity contribution in [2.24, 2.45) is 4.99 Å². The average molecular weight is 280 g/mol. The predicted octanol–water partition coefficient (Wildman–Crippen LogP) is 1.61. The molecule has 0 amide bonds. The molecule has 0 atom stereocenters. The number of halogens is 1. The molecule has 0 aromatic carbocycles. The normalized spacial score (nSPS) is 24.8. The maximum absolute atomic E-state index is 4.34. The highest BCUT2D eigenvalue weighted by atomic mass is 127. The minimum Gasteiger partial charge on any atom is -0.259 e. The molecule has 2 heterocycles. The fourth-order valence-electron chi connectivity index (χ4n) is 1.16. The number of rotatable bonds is 0. The first kappa shape index (κ1) is 7.94. The highest BCUT2D eigenvalue weighted by Gasteiger charge is 2.15. The topological polar surface area (TPSA) is 15.6 Å². The molecule has 2 rings (SSSR count). The van der Waals surface area contributed by atoms with Crippen LogP contribution in [0.2, 0.25) is 0 Å². The monoisotopic (exact) mass is 280 g/mol. The molecule has 0 aromatic heterocycles. The number of nitrogens with zero attached hydrogens (tertiary/aromatic N) is 2. The Morgan fingerprint density at radius 2 is 2.55 bits per heavy atom. The Labute approximate surface area is 81.7 Å². The Kier molecular flexibility index (Phi) is 2.43.